The van der Waals surface area contributed by atoms with Gasteiger partial charge in [-0.05, 0) is 55.2 Å². The molecule has 6 heteroatoms. The molecular formula is C24H30N2O3S. The standard InChI is InChI=1S/C24H30N2O3S/c1-18-11-13-30-22(18)16-25(14-19-6-3-2-4-7-19)23(27)17-26(24(28)20-9-10-20)15-21-8-5-12-29-21/h2-4,6-7,11,13,20-21H,5,8-10,12,14-17H2,1H3. The molecule has 1 aromatic heterocycles. The first-order valence-corrected chi connectivity index (χ1v) is 11.7. The fourth-order valence-corrected chi connectivity index (χ4v) is 4.81. The second-order valence-corrected chi connectivity index (χ2v) is 9.39. The molecule has 4 rings (SSSR count). The highest BCUT2D eigenvalue weighted by Gasteiger charge is 2.36. The Morgan fingerprint density at radius 3 is 2.50 bits per heavy atom. The predicted molar refractivity (Wildman–Crippen MR) is 118 cm³/mol. The number of carbonyl (C=O) groups is 2. The number of hydrogen-bond donors (Lipinski definition) is 0. The van der Waals surface area contributed by atoms with Crippen LogP contribution in [0.1, 0.15) is 41.7 Å². The molecule has 5 nitrogen and oxygen atoms in total. The topological polar surface area (TPSA) is 49.9 Å². The minimum Gasteiger partial charge on any atom is -0.376 e. The fourth-order valence-electron chi connectivity index (χ4n) is 3.89. The largest absolute Gasteiger partial charge is 0.376 e. The third-order valence-corrected chi connectivity index (χ3v) is 6.89. The molecule has 0 spiro atoms. The lowest BCUT2D eigenvalue weighted by molar-refractivity contribution is -0.143. The van der Waals surface area contributed by atoms with Gasteiger partial charge in [-0.3, -0.25) is 9.59 Å². The van der Waals surface area contributed by atoms with Crippen LogP contribution >= 0.6 is 11.3 Å². The molecule has 2 heterocycles. The summed E-state index contributed by atoms with van der Waals surface area (Å²) in [4.78, 5) is 31.1. The molecule has 30 heavy (non-hydrogen) atoms. The minimum atomic E-state index is -0.00125. The quantitative estimate of drug-likeness (QED) is 0.609. The summed E-state index contributed by atoms with van der Waals surface area (Å²) in [6.45, 7) is 4.61. The van der Waals surface area contributed by atoms with Gasteiger partial charge in [0.1, 0.15) is 0 Å². The second kappa shape index (κ2) is 9.75. The zero-order valence-electron chi connectivity index (χ0n) is 17.6. The van der Waals surface area contributed by atoms with Crippen molar-refractivity contribution < 1.29 is 14.3 Å². The lowest BCUT2D eigenvalue weighted by atomic mass is 10.2. The van der Waals surface area contributed by atoms with Gasteiger partial charge in [-0.1, -0.05) is 30.3 Å². The number of ether oxygens (including phenoxy) is 1. The number of nitrogens with zero attached hydrogens (tertiary/aromatic N) is 2. The molecule has 1 unspecified atom stereocenters. The van der Waals surface area contributed by atoms with Gasteiger partial charge in [-0.25, -0.2) is 0 Å². The molecule has 2 fully saturated rings. The molecule has 1 aromatic carbocycles. The smallest absolute Gasteiger partial charge is 0.242 e. The normalized spacial score (nSPS) is 18.4. The first-order chi connectivity index (χ1) is 14.6. The number of rotatable bonds is 9. The van der Waals surface area contributed by atoms with E-state index in [4.69, 9.17) is 4.74 Å². The van der Waals surface area contributed by atoms with Crippen LogP contribution in [0.5, 0.6) is 0 Å². The Kier molecular flexibility index (Phi) is 6.85. The van der Waals surface area contributed by atoms with E-state index in [1.165, 1.54) is 10.4 Å². The van der Waals surface area contributed by atoms with Gasteiger partial charge in [0.25, 0.3) is 0 Å². The van der Waals surface area contributed by atoms with Crippen LogP contribution in [-0.2, 0) is 27.4 Å². The summed E-state index contributed by atoms with van der Waals surface area (Å²) in [5.41, 5.74) is 2.30. The van der Waals surface area contributed by atoms with E-state index >= 15 is 0 Å². The molecule has 1 saturated heterocycles. The zero-order valence-corrected chi connectivity index (χ0v) is 18.4. The van der Waals surface area contributed by atoms with Crippen molar-refractivity contribution in [2.75, 3.05) is 19.7 Å². The Morgan fingerprint density at radius 1 is 1.07 bits per heavy atom. The first-order valence-electron chi connectivity index (χ1n) is 10.8. The highest BCUT2D eigenvalue weighted by Crippen LogP contribution is 2.31. The van der Waals surface area contributed by atoms with E-state index in [9.17, 15) is 9.59 Å². The molecule has 0 N–H and O–H groups in total. The number of thiophene rings is 1. The Balaban J connectivity index is 1.49. The number of hydrogen-bond acceptors (Lipinski definition) is 4. The van der Waals surface area contributed by atoms with Gasteiger partial charge in [0, 0.05) is 30.5 Å². The minimum absolute atomic E-state index is 0.00125. The molecule has 160 valence electrons. The third-order valence-electron chi connectivity index (χ3n) is 5.88. The third kappa shape index (κ3) is 5.49. The fraction of sp³-hybridized carbons (Fsp3) is 0.500. The van der Waals surface area contributed by atoms with Crippen molar-refractivity contribution >= 4 is 23.2 Å². The Morgan fingerprint density at radius 2 is 1.87 bits per heavy atom. The lowest BCUT2D eigenvalue weighted by Gasteiger charge is -2.29. The molecule has 1 atom stereocenters. The van der Waals surface area contributed by atoms with Crippen LogP contribution in [0, 0.1) is 12.8 Å². The van der Waals surface area contributed by atoms with Gasteiger partial charge < -0.3 is 14.5 Å². The van der Waals surface area contributed by atoms with Crippen molar-refractivity contribution in [3.05, 3.63) is 57.8 Å². The van der Waals surface area contributed by atoms with Crippen LogP contribution in [-0.4, -0.2) is 47.4 Å². The Hall–Kier alpha value is -2.18. The molecule has 0 bridgehead atoms. The average Bonchev–Trinajstić information content (AvgIpc) is 3.33. The number of carbonyl (C=O) groups excluding carboxylic acids is 2. The summed E-state index contributed by atoms with van der Waals surface area (Å²) < 4.78 is 5.76. The van der Waals surface area contributed by atoms with Crippen molar-refractivity contribution in [2.45, 2.75) is 51.8 Å². The van der Waals surface area contributed by atoms with Crippen molar-refractivity contribution in [3.63, 3.8) is 0 Å². The summed E-state index contributed by atoms with van der Waals surface area (Å²) in [6, 6.07) is 12.1. The van der Waals surface area contributed by atoms with E-state index in [1.54, 1.807) is 16.2 Å². The highest BCUT2D eigenvalue weighted by molar-refractivity contribution is 7.10. The van der Waals surface area contributed by atoms with Gasteiger partial charge >= 0.3 is 0 Å². The number of benzene rings is 1. The highest BCUT2D eigenvalue weighted by atomic mass is 32.1. The number of aryl methyl sites for hydroxylation is 1. The summed E-state index contributed by atoms with van der Waals surface area (Å²) in [5, 5.41) is 2.07. The van der Waals surface area contributed by atoms with E-state index in [0.29, 0.717) is 19.6 Å². The van der Waals surface area contributed by atoms with Crippen molar-refractivity contribution in [3.8, 4) is 0 Å². The summed E-state index contributed by atoms with van der Waals surface area (Å²) in [6.07, 6.45) is 3.93. The predicted octanol–water partition coefficient (Wildman–Crippen LogP) is 4.00. The molecule has 2 aromatic rings. The Labute approximate surface area is 182 Å². The molecule has 1 aliphatic carbocycles. The molecule has 1 aliphatic heterocycles. The number of amides is 2. The average molecular weight is 427 g/mol. The van der Waals surface area contributed by atoms with Crippen LogP contribution in [0.4, 0.5) is 0 Å². The zero-order chi connectivity index (χ0) is 20.9. The van der Waals surface area contributed by atoms with Gasteiger partial charge in [-0.15, -0.1) is 11.3 Å². The summed E-state index contributed by atoms with van der Waals surface area (Å²) >= 11 is 1.68. The maximum Gasteiger partial charge on any atom is 0.242 e. The molecule has 2 amide bonds. The van der Waals surface area contributed by atoms with E-state index in [1.807, 2.05) is 35.2 Å². The summed E-state index contributed by atoms with van der Waals surface area (Å²) in [7, 11) is 0. The van der Waals surface area contributed by atoms with Gasteiger partial charge in [0.15, 0.2) is 0 Å². The van der Waals surface area contributed by atoms with Crippen LogP contribution in [0.15, 0.2) is 41.8 Å². The van der Waals surface area contributed by atoms with Gasteiger partial charge in [-0.2, -0.15) is 0 Å². The van der Waals surface area contributed by atoms with Crippen LogP contribution in [0.2, 0.25) is 0 Å². The Bertz CT molecular complexity index is 856. The van der Waals surface area contributed by atoms with E-state index in [0.717, 1.165) is 37.9 Å². The maximum atomic E-state index is 13.4. The molecule has 0 radical (unpaired) electrons. The van der Waals surface area contributed by atoms with Crippen LogP contribution in [0.25, 0.3) is 0 Å². The maximum absolute atomic E-state index is 13.4. The molecular weight excluding hydrogens is 396 g/mol. The molecule has 1 saturated carbocycles. The van der Waals surface area contributed by atoms with E-state index in [2.05, 4.69) is 18.4 Å². The lowest BCUT2D eigenvalue weighted by Crippen LogP contribution is -2.45. The van der Waals surface area contributed by atoms with Gasteiger partial charge in [0.05, 0.1) is 19.2 Å². The van der Waals surface area contributed by atoms with Crippen molar-refractivity contribution in [2.24, 2.45) is 5.92 Å². The van der Waals surface area contributed by atoms with Crippen LogP contribution < -0.4 is 0 Å². The first kappa shape index (κ1) is 21.1. The van der Waals surface area contributed by atoms with E-state index in [-0.39, 0.29) is 30.4 Å². The van der Waals surface area contributed by atoms with Crippen molar-refractivity contribution in [1.82, 2.24) is 9.80 Å². The van der Waals surface area contributed by atoms with Crippen molar-refractivity contribution in [1.29, 1.82) is 0 Å². The van der Waals surface area contributed by atoms with E-state index < -0.39 is 0 Å². The summed E-state index contributed by atoms with van der Waals surface area (Å²) in [5.74, 6) is 0.214. The second-order valence-electron chi connectivity index (χ2n) is 8.39. The monoisotopic (exact) mass is 426 g/mol. The SMILES string of the molecule is Cc1ccsc1CN(Cc1ccccc1)C(=O)CN(CC1CCCO1)C(=O)C1CC1. The van der Waals surface area contributed by atoms with Crippen LogP contribution in [0.3, 0.4) is 0 Å². The molecule has 2 aliphatic rings. The van der Waals surface area contributed by atoms with Gasteiger partial charge in [0.2, 0.25) is 11.8 Å².